The van der Waals surface area contributed by atoms with Crippen molar-refractivity contribution in [1.29, 1.82) is 0 Å². The Morgan fingerprint density at radius 1 is 0.551 bits per heavy atom. The number of hydrogen-bond acceptors (Lipinski definition) is 1. The maximum atomic E-state index is 9.62. The van der Waals surface area contributed by atoms with Crippen LogP contribution in [0.5, 0.6) is 0 Å². The van der Waals surface area contributed by atoms with Gasteiger partial charge in [0.05, 0.1) is 41.4 Å². The molecule has 0 aliphatic rings. The SMILES string of the molecule is [2H]c1c([2H])c([2H])c(-c2cc(-c3c([2H])c([2H])c([2H])c([2H])c3[2H])cc(-c3c4c([2H])c([2H])c([2H])c([2H])c4c(-c4ccccc4-n4c(C([2H])([2H])C([2H])([2H])[2H])nc5ccccc54)c4c([2H])c([2H])c([2H])c([2H])c34)c2)c([2H])c1[2H]. The largest absolute Gasteiger partial charge is 0.296 e. The monoisotopic (exact) mass is 649 g/mol. The second kappa shape index (κ2) is 12.1. The predicted molar refractivity (Wildman–Crippen MR) is 207 cm³/mol. The molecule has 232 valence electrons. The molecule has 49 heavy (non-hydrogen) atoms. The van der Waals surface area contributed by atoms with Crippen LogP contribution in [0.4, 0.5) is 0 Å². The molecule has 8 aromatic carbocycles. The van der Waals surface area contributed by atoms with Crippen molar-refractivity contribution in [2.45, 2.75) is 13.2 Å². The summed E-state index contributed by atoms with van der Waals surface area (Å²) in [4.78, 5) is 4.44. The minimum absolute atomic E-state index is 0.0174. The van der Waals surface area contributed by atoms with E-state index in [-0.39, 0.29) is 71.6 Å². The van der Waals surface area contributed by atoms with Crippen molar-refractivity contribution in [3.63, 3.8) is 0 Å². The van der Waals surface area contributed by atoms with Crippen molar-refractivity contribution < 1.29 is 31.5 Å². The summed E-state index contributed by atoms with van der Waals surface area (Å²) in [6, 6.07) is 2.35. The average Bonchev–Trinajstić information content (AvgIpc) is 3.75. The van der Waals surface area contributed by atoms with E-state index in [1.807, 2.05) is 0 Å². The Bertz CT molecular complexity index is 3650. The Labute approximate surface area is 318 Å². The van der Waals surface area contributed by atoms with Gasteiger partial charge in [-0.2, -0.15) is 0 Å². The first-order chi connectivity index (χ1) is 33.7. The Morgan fingerprint density at radius 2 is 1.06 bits per heavy atom. The van der Waals surface area contributed by atoms with Gasteiger partial charge in [0.15, 0.2) is 0 Å². The van der Waals surface area contributed by atoms with E-state index in [1.165, 1.54) is 53.1 Å². The first-order valence-electron chi connectivity index (χ1n) is 26.5. The second-order valence-electron chi connectivity index (χ2n) is 11.0. The Morgan fingerprint density at radius 3 is 1.67 bits per heavy atom. The number of benzene rings is 8. The third kappa shape index (κ3) is 4.92. The normalized spacial score (nSPS) is 18.7. The summed E-state index contributed by atoms with van der Waals surface area (Å²) in [5, 5.41) is -1.49. The maximum absolute atomic E-state index is 9.62. The molecule has 0 amide bonds. The van der Waals surface area contributed by atoms with Gasteiger partial charge >= 0.3 is 0 Å². The highest BCUT2D eigenvalue weighted by Gasteiger charge is 2.21. The van der Waals surface area contributed by atoms with Crippen LogP contribution in [0.1, 0.15) is 44.2 Å². The van der Waals surface area contributed by atoms with E-state index in [0.29, 0.717) is 0 Å². The van der Waals surface area contributed by atoms with E-state index >= 15 is 0 Å². The molecular weight excluding hydrogens is 593 g/mol. The standard InChI is InChI=1S/C47H34N2/c1-2-45-48-42-26-14-16-28-44(42)49(45)43-27-15-13-25-41(43)47-39-23-11-9-21-37(39)46(38-22-10-12-24-40(38)47)36-30-34(32-17-5-3-6-18-32)29-35(31-36)33-19-7-4-8-20-33/h3-31H,2H2,1H3/i1D3,2D2,3D,4D,5D,6D,7D,8D,9D,10D,11D,12D,17D,18D,19D,20D,21D,22D,23D,24D. The topological polar surface area (TPSA) is 17.8 Å². The van der Waals surface area contributed by atoms with E-state index in [4.69, 9.17) is 26.0 Å². The van der Waals surface area contributed by atoms with Crippen LogP contribution in [0.25, 0.3) is 82.8 Å². The van der Waals surface area contributed by atoms with Gasteiger partial charge in [-0.15, -0.1) is 0 Å². The zero-order chi connectivity index (χ0) is 52.7. The molecule has 0 saturated carbocycles. The number of rotatable bonds is 6. The molecule has 2 heteroatoms. The van der Waals surface area contributed by atoms with Crippen LogP contribution in [0.2, 0.25) is 0 Å². The van der Waals surface area contributed by atoms with Crippen LogP contribution < -0.4 is 0 Å². The first kappa shape index (κ1) is 13.7. The van der Waals surface area contributed by atoms with Gasteiger partial charge < -0.3 is 0 Å². The fourth-order valence-electron chi connectivity index (χ4n) is 6.27. The fraction of sp³-hybridized carbons (Fsp3) is 0.0426. The lowest BCUT2D eigenvalue weighted by Gasteiger charge is -2.21. The van der Waals surface area contributed by atoms with Crippen molar-refractivity contribution in [3.05, 3.63) is 181 Å². The number of aryl methyl sites for hydroxylation is 1. The molecule has 0 spiro atoms. The Balaban J connectivity index is 1.56. The van der Waals surface area contributed by atoms with Crippen molar-refractivity contribution >= 4 is 32.6 Å². The van der Waals surface area contributed by atoms with E-state index < -0.39 is 139 Å². The van der Waals surface area contributed by atoms with Gasteiger partial charge in [0.1, 0.15) is 5.82 Å². The molecule has 0 atom stereocenters. The number of fused-ring (bicyclic) bond motifs is 3. The van der Waals surface area contributed by atoms with Crippen LogP contribution in [0, 0.1) is 0 Å². The van der Waals surface area contributed by atoms with Crippen molar-refractivity contribution in [3.8, 4) is 50.2 Å². The van der Waals surface area contributed by atoms with Crippen molar-refractivity contribution in [1.82, 2.24) is 9.55 Å². The molecule has 0 bridgehead atoms. The number of imidazole rings is 1. The summed E-state index contributed by atoms with van der Waals surface area (Å²) in [5.74, 6) is -0.588. The summed E-state index contributed by atoms with van der Waals surface area (Å²) in [6.45, 7) is -3.29. The quantitative estimate of drug-likeness (QED) is 0.164. The molecule has 2 nitrogen and oxygen atoms in total. The van der Waals surface area contributed by atoms with Crippen LogP contribution in [0.15, 0.2) is 175 Å². The molecular formula is C47H34N2. The van der Waals surface area contributed by atoms with E-state index in [0.717, 1.165) is 0 Å². The van der Waals surface area contributed by atoms with E-state index in [1.54, 1.807) is 18.2 Å². The minimum atomic E-state index is -3.29. The molecule has 0 saturated heterocycles. The van der Waals surface area contributed by atoms with Gasteiger partial charge in [-0.1, -0.05) is 146 Å². The zero-order valence-electron chi connectivity index (χ0n) is 48.2. The van der Waals surface area contributed by atoms with Crippen LogP contribution in [-0.4, -0.2) is 9.55 Å². The average molecular weight is 650 g/mol. The van der Waals surface area contributed by atoms with Gasteiger partial charge in [-0.05, 0) is 96.9 Å². The summed E-state index contributed by atoms with van der Waals surface area (Å²) < 4.78 is 205. The lowest BCUT2D eigenvalue weighted by Crippen LogP contribution is -2.03. The summed E-state index contributed by atoms with van der Waals surface area (Å²) in [5.41, 5.74) is -1.74. The molecule has 9 aromatic rings. The van der Waals surface area contributed by atoms with Crippen molar-refractivity contribution in [2.75, 3.05) is 0 Å². The molecule has 0 unspecified atom stereocenters. The lowest BCUT2D eigenvalue weighted by atomic mass is 9.84. The van der Waals surface area contributed by atoms with Gasteiger partial charge in [0.25, 0.3) is 0 Å². The minimum Gasteiger partial charge on any atom is -0.296 e. The molecule has 0 radical (unpaired) electrons. The van der Waals surface area contributed by atoms with Crippen LogP contribution in [0.3, 0.4) is 0 Å². The highest BCUT2D eigenvalue weighted by Crippen LogP contribution is 2.46. The summed E-state index contributed by atoms with van der Waals surface area (Å²) in [7, 11) is 0. The summed E-state index contributed by atoms with van der Waals surface area (Å²) >= 11 is 0. The molecule has 1 aromatic heterocycles. The predicted octanol–water partition coefficient (Wildman–Crippen LogP) is 12.6. The van der Waals surface area contributed by atoms with E-state index in [9.17, 15) is 5.48 Å². The van der Waals surface area contributed by atoms with Gasteiger partial charge in [-0.25, -0.2) is 4.98 Å². The highest BCUT2D eigenvalue weighted by atomic mass is 15.1. The number of aromatic nitrogens is 2. The smallest absolute Gasteiger partial charge is 0.114 e. The van der Waals surface area contributed by atoms with Crippen LogP contribution in [-0.2, 0) is 6.37 Å². The molecule has 0 fully saturated rings. The number of para-hydroxylation sites is 3. The molecule has 9 rings (SSSR count). The lowest BCUT2D eigenvalue weighted by molar-refractivity contribution is 0.909. The summed E-state index contributed by atoms with van der Waals surface area (Å²) in [6.07, 6.45) is -3.14. The Hall–Kier alpha value is -6.25. The molecule has 1 heterocycles. The number of nitrogens with zero attached hydrogens (tertiary/aromatic N) is 2. The van der Waals surface area contributed by atoms with Gasteiger partial charge in [0.2, 0.25) is 0 Å². The van der Waals surface area contributed by atoms with Gasteiger partial charge in [0, 0.05) is 18.8 Å². The molecule has 0 N–H and O–H groups in total. The fourth-order valence-corrected chi connectivity index (χ4v) is 6.27. The Kier molecular flexibility index (Phi) is 3.38. The van der Waals surface area contributed by atoms with Gasteiger partial charge in [-0.3, -0.25) is 4.57 Å². The third-order valence-corrected chi connectivity index (χ3v) is 8.26. The maximum Gasteiger partial charge on any atom is 0.114 e. The highest BCUT2D eigenvalue weighted by molar-refractivity contribution is 6.22. The van der Waals surface area contributed by atoms with Crippen LogP contribution >= 0.6 is 0 Å². The van der Waals surface area contributed by atoms with E-state index in [2.05, 4.69) is 4.98 Å². The first-order valence-corrected chi connectivity index (χ1v) is 15.0. The molecule has 0 aliphatic carbocycles. The van der Waals surface area contributed by atoms with Crippen molar-refractivity contribution in [2.24, 2.45) is 0 Å². The third-order valence-electron chi connectivity index (χ3n) is 8.26. The molecule has 0 aliphatic heterocycles. The number of hydrogen-bond donors (Lipinski definition) is 0. The zero-order valence-corrected chi connectivity index (χ0v) is 25.2. The second-order valence-corrected chi connectivity index (χ2v) is 11.0.